The van der Waals surface area contributed by atoms with E-state index in [2.05, 4.69) is 49.1 Å². The van der Waals surface area contributed by atoms with Gasteiger partial charge >= 0.3 is 0 Å². The van der Waals surface area contributed by atoms with Crippen molar-refractivity contribution in [3.63, 3.8) is 0 Å². The molecule has 21 heavy (non-hydrogen) atoms. The van der Waals surface area contributed by atoms with Crippen LogP contribution in [0.15, 0.2) is 30.3 Å². The van der Waals surface area contributed by atoms with E-state index in [4.69, 9.17) is 0 Å². The first-order chi connectivity index (χ1) is 10.2. The summed E-state index contributed by atoms with van der Waals surface area (Å²) in [5.74, 6) is 0.674. The largest absolute Gasteiger partial charge is 0.371 e. The molecule has 2 atom stereocenters. The highest BCUT2D eigenvalue weighted by molar-refractivity contribution is 5.62. The van der Waals surface area contributed by atoms with Gasteiger partial charge in [-0.1, -0.05) is 51.3 Å². The number of hydrogen-bond acceptors (Lipinski definition) is 2. The predicted octanol–water partition coefficient (Wildman–Crippen LogP) is 4.69. The Hall–Kier alpha value is -1.31. The van der Waals surface area contributed by atoms with Crippen LogP contribution in [0, 0.1) is 11.3 Å². The first kappa shape index (κ1) is 16.1. The van der Waals surface area contributed by atoms with Crippen molar-refractivity contribution in [2.24, 2.45) is 11.3 Å². The second kappa shape index (κ2) is 7.63. The van der Waals surface area contributed by atoms with E-state index in [1.807, 2.05) is 0 Å². The third-order valence-corrected chi connectivity index (χ3v) is 4.79. The molecule has 0 N–H and O–H groups in total. The summed E-state index contributed by atoms with van der Waals surface area (Å²) < 4.78 is 0. The zero-order valence-corrected chi connectivity index (χ0v) is 13.6. The number of carbonyl (C=O) groups excluding carboxylic acids is 1. The number of unbranched alkanes of at least 4 members (excludes halogenated alkanes) is 1. The number of aldehydes is 1. The van der Waals surface area contributed by atoms with Gasteiger partial charge in [0.05, 0.1) is 0 Å². The molecule has 0 aromatic heterocycles. The number of para-hydroxylation sites is 1. The smallest absolute Gasteiger partial charge is 0.127 e. The first-order valence-corrected chi connectivity index (χ1v) is 8.45. The fourth-order valence-electron chi connectivity index (χ4n) is 3.66. The molecule has 1 fully saturated rings. The Morgan fingerprint density at radius 2 is 2.10 bits per heavy atom. The van der Waals surface area contributed by atoms with Crippen LogP contribution in [0.5, 0.6) is 0 Å². The Kier molecular flexibility index (Phi) is 5.84. The lowest BCUT2D eigenvalue weighted by Crippen LogP contribution is -2.42. The van der Waals surface area contributed by atoms with Crippen molar-refractivity contribution < 1.29 is 4.79 Å². The Labute approximate surface area is 129 Å². The van der Waals surface area contributed by atoms with Crippen molar-refractivity contribution in [1.82, 2.24) is 0 Å². The first-order valence-electron chi connectivity index (χ1n) is 8.45. The minimum Gasteiger partial charge on any atom is -0.371 e. The molecule has 0 aliphatic heterocycles. The van der Waals surface area contributed by atoms with Crippen LogP contribution in [0.3, 0.4) is 0 Å². The predicted molar refractivity (Wildman–Crippen MR) is 89.7 cm³/mol. The molecule has 0 heterocycles. The van der Waals surface area contributed by atoms with Gasteiger partial charge in [-0.25, -0.2) is 0 Å². The fraction of sp³-hybridized carbons (Fsp3) is 0.632. The summed E-state index contributed by atoms with van der Waals surface area (Å²) in [6.07, 6.45) is 8.19. The molecule has 1 aliphatic carbocycles. The molecule has 1 aliphatic rings. The molecule has 1 saturated carbocycles. The summed E-state index contributed by atoms with van der Waals surface area (Å²) in [4.78, 5) is 14.3. The fourth-order valence-corrected chi connectivity index (χ4v) is 3.66. The van der Waals surface area contributed by atoms with Crippen LogP contribution in [0.4, 0.5) is 5.69 Å². The second-order valence-corrected chi connectivity index (χ2v) is 6.79. The lowest BCUT2D eigenvalue weighted by molar-refractivity contribution is -0.118. The van der Waals surface area contributed by atoms with Crippen molar-refractivity contribution in [3.8, 4) is 0 Å². The normalized spacial score (nSPS) is 25.5. The molecule has 0 radical (unpaired) electrons. The second-order valence-electron chi connectivity index (χ2n) is 6.79. The van der Waals surface area contributed by atoms with E-state index in [1.54, 1.807) is 0 Å². The van der Waals surface area contributed by atoms with E-state index in [1.165, 1.54) is 37.7 Å². The number of hydrogen-bond donors (Lipinski definition) is 0. The Morgan fingerprint density at radius 3 is 2.71 bits per heavy atom. The highest BCUT2D eigenvalue weighted by atomic mass is 16.1. The average Bonchev–Trinajstić information content (AvgIpc) is 2.52. The van der Waals surface area contributed by atoms with E-state index in [-0.39, 0.29) is 5.41 Å². The molecule has 0 spiro atoms. The minimum absolute atomic E-state index is 0.138. The van der Waals surface area contributed by atoms with Gasteiger partial charge in [-0.05, 0) is 37.3 Å². The summed E-state index contributed by atoms with van der Waals surface area (Å²) in [6, 6.07) is 10.6. The van der Waals surface area contributed by atoms with Crippen molar-refractivity contribution in [2.45, 2.75) is 52.4 Å². The van der Waals surface area contributed by atoms with Gasteiger partial charge in [0.1, 0.15) is 6.29 Å². The quantitative estimate of drug-likeness (QED) is 0.678. The number of rotatable bonds is 7. The van der Waals surface area contributed by atoms with Gasteiger partial charge in [0.2, 0.25) is 0 Å². The topological polar surface area (TPSA) is 20.3 Å². The summed E-state index contributed by atoms with van der Waals surface area (Å²) >= 11 is 0. The summed E-state index contributed by atoms with van der Waals surface area (Å²) in [7, 11) is 0. The van der Waals surface area contributed by atoms with Crippen LogP contribution >= 0.6 is 0 Å². The maximum atomic E-state index is 11.8. The third kappa shape index (κ3) is 4.33. The van der Waals surface area contributed by atoms with Crippen LogP contribution in [0.25, 0.3) is 0 Å². The third-order valence-electron chi connectivity index (χ3n) is 4.79. The highest BCUT2D eigenvalue weighted by Crippen LogP contribution is 2.39. The number of anilines is 1. The summed E-state index contributed by atoms with van der Waals surface area (Å²) in [5, 5.41) is 0. The highest BCUT2D eigenvalue weighted by Gasteiger charge is 2.36. The van der Waals surface area contributed by atoms with Crippen LogP contribution < -0.4 is 4.90 Å². The molecule has 0 bridgehead atoms. The molecule has 0 saturated heterocycles. The Bertz CT molecular complexity index is 430. The van der Waals surface area contributed by atoms with Gasteiger partial charge in [-0.15, -0.1) is 0 Å². The van der Waals surface area contributed by atoms with Gasteiger partial charge in [0.25, 0.3) is 0 Å². The molecule has 2 unspecified atom stereocenters. The van der Waals surface area contributed by atoms with E-state index >= 15 is 0 Å². The van der Waals surface area contributed by atoms with Crippen LogP contribution in [0.1, 0.15) is 52.4 Å². The molecular weight excluding hydrogens is 258 g/mol. The number of carbonyl (C=O) groups is 1. The van der Waals surface area contributed by atoms with Crippen molar-refractivity contribution in [3.05, 3.63) is 30.3 Å². The van der Waals surface area contributed by atoms with Crippen molar-refractivity contribution >= 4 is 12.0 Å². The lowest BCUT2D eigenvalue weighted by atomic mass is 9.70. The van der Waals surface area contributed by atoms with Crippen LogP contribution in [0.2, 0.25) is 0 Å². The lowest BCUT2D eigenvalue weighted by Gasteiger charge is -2.40. The molecule has 2 nitrogen and oxygen atoms in total. The molecule has 0 amide bonds. The van der Waals surface area contributed by atoms with Gasteiger partial charge in [0.15, 0.2) is 0 Å². The monoisotopic (exact) mass is 287 g/mol. The molecular formula is C19H29NO. The van der Waals surface area contributed by atoms with Crippen LogP contribution in [-0.4, -0.2) is 19.4 Å². The summed E-state index contributed by atoms with van der Waals surface area (Å²) in [6.45, 7) is 6.44. The maximum Gasteiger partial charge on any atom is 0.127 e. The van der Waals surface area contributed by atoms with Crippen molar-refractivity contribution in [1.29, 1.82) is 0 Å². The SMILES string of the molecule is CCCCN(CC1(C=O)CCCC(C)C1)c1ccccc1. The van der Waals surface area contributed by atoms with E-state index in [9.17, 15) is 4.79 Å². The Morgan fingerprint density at radius 1 is 1.33 bits per heavy atom. The van der Waals surface area contributed by atoms with Gasteiger partial charge in [-0.3, -0.25) is 0 Å². The molecule has 1 aromatic carbocycles. The molecule has 2 rings (SSSR count). The van der Waals surface area contributed by atoms with E-state index in [0.29, 0.717) is 5.92 Å². The van der Waals surface area contributed by atoms with Crippen molar-refractivity contribution in [2.75, 3.05) is 18.0 Å². The zero-order valence-electron chi connectivity index (χ0n) is 13.6. The number of nitrogens with zero attached hydrogens (tertiary/aromatic N) is 1. The van der Waals surface area contributed by atoms with Gasteiger partial charge < -0.3 is 9.69 Å². The standard InChI is InChI=1S/C19H29NO/c1-3-4-13-20(18-10-6-5-7-11-18)15-19(16-21)12-8-9-17(2)14-19/h5-7,10-11,16-17H,3-4,8-9,12-15H2,1-2H3. The molecule has 116 valence electrons. The van der Waals surface area contributed by atoms with Gasteiger partial charge in [0, 0.05) is 24.2 Å². The number of benzene rings is 1. The zero-order chi connectivity index (χ0) is 15.1. The summed E-state index contributed by atoms with van der Waals surface area (Å²) in [5.41, 5.74) is 1.12. The van der Waals surface area contributed by atoms with E-state index in [0.717, 1.165) is 25.9 Å². The Balaban J connectivity index is 2.14. The average molecular weight is 287 g/mol. The molecule has 1 aromatic rings. The van der Waals surface area contributed by atoms with Gasteiger partial charge in [-0.2, -0.15) is 0 Å². The minimum atomic E-state index is -0.138. The van der Waals surface area contributed by atoms with Crippen LogP contribution in [-0.2, 0) is 4.79 Å². The molecule has 2 heteroatoms. The van der Waals surface area contributed by atoms with E-state index < -0.39 is 0 Å². The maximum absolute atomic E-state index is 11.8.